The van der Waals surface area contributed by atoms with E-state index in [9.17, 15) is 4.79 Å². The monoisotopic (exact) mass is 196 g/mol. The van der Waals surface area contributed by atoms with Gasteiger partial charge in [-0.1, -0.05) is 0 Å². The molecule has 14 heavy (non-hydrogen) atoms. The quantitative estimate of drug-likeness (QED) is 0.769. The number of aromatic nitrogens is 2. The van der Waals surface area contributed by atoms with E-state index in [2.05, 4.69) is 5.10 Å². The van der Waals surface area contributed by atoms with Crippen LogP contribution in [-0.2, 0) is 6.54 Å². The van der Waals surface area contributed by atoms with E-state index in [0.717, 1.165) is 0 Å². The summed E-state index contributed by atoms with van der Waals surface area (Å²) in [7, 11) is 1.74. The van der Waals surface area contributed by atoms with Crippen LogP contribution in [0.2, 0.25) is 0 Å². The van der Waals surface area contributed by atoms with Crippen molar-refractivity contribution in [3.8, 4) is 0 Å². The van der Waals surface area contributed by atoms with Gasteiger partial charge in [-0.25, -0.2) is 4.68 Å². The molecule has 0 fully saturated rings. The Morgan fingerprint density at radius 1 is 1.64 bits per heavy atom. The first-order chi connectivity index (χ1) is 6.61. The summed E-state index contributed by atoms with van der Waals surface area (Å²) in [5.74, 6) is 0.363. The maximum atomic E-state index is 11.7. The van der Waals surface area contributed by atoms with E-state index in [0.29, 0.717) is 24.5 Å². The van der Waals surface area contributed by atoms with E-state index >= 15 is 0 Å². The Hall–Kier alpha value is -1.52. The van der Waals surface area contributed by atoms with Gasteiger partial charge in [0.15, 0.2) is 0 Å². The highest BCUT2D eigenvalue weighted by Crippen LogP contribution is 2.12. The number of aryl methyl sites for hydroxylation is 1. The number of carbonyl (C=O) groups excluding carboxylic acids is 1. The van der Waals surface area contributed by atoms with Crippen LogP contribution in [0, 0.1) is 0 Å². The van der Waals surface area contributed by atoms with Crippen molar-refractivity contribution >= 4 is 11.7 Å². The zero-order valence-electron chi connectivity index (χ0n) is 8.82. The first-order valence-corrected chi connectivity index (χ1v) is 4.68. The van der Waals surface area contributed by atoms with Gasteiger partial charge in [0.25, 0.3) is 5.91 Å². The lowest BCUT2D eigenvalue weighted by atomic mass is 10.3. The average molecular weight is 196 g/mol. The van der Waals surface area contributed by atoms with Crippen molar-refractivity contribution in [1.29, 1.82) is 0 Å². The topological polar surface area (TPSA) is 64.2 Å². The third kappa shape index (κ3) is 1.71. The molecule has 0 aromatic carbocycles. The summed E-state index contributed by atoms with van der Waals surface area (Å²) in [6, 6.07) is 0. The molecular formula is C9H16N4O. The SMILES string of the molecule is CCN(C)C(=O)c1cnn(CC)c1N. The summed E-state index contributed by atoms with van der Waals surface area (Å²) in [5, 5.41) is 4.02. The van der Waals surface area contributed by atoms with Crippen LogP contribution < -0.4 is 5.73 Å². The van der Waals surface area contributed by atoms with Gasteiger partial charge in [-0.2, -0.15) is 5.10 Å². The highest BCUT2D eigenvalue weighted by atomic mass is 16.2. The van der Waals surface area contributed by atoms with Gasteiger partial charge in [-0.3, -0.25) is 4.79 Å². The molecule has 0 saturated heterocycles. The van der Waals surface area contributed by atoms with Crippen molar-refractivity contribution in [2.75, 3.05) is 19.3 Å². The molecule has 0 saturated carbocycles. The van der Waals surface area contributed by atoms with Crippen LogP contribution in [0.25, 0.3) is 0 Å². The van der Waals surface area contributed by atoms with Gasteiger partial charge in [-0.05, 0) is 13.8 Å². The van der Waals surface area contributed by atoms with Crippen LogP contribution in [0.5, 0.6) is 0 Å². The Labute approximate surface area is 83.5 Å². The van der Waals surface area contributed by atoms with Crippen molar-refractivity contribution in [1.82, 2.24) is 14.7 Å². The summed E-state index contributed by atoms with van der Waals surface area (Å²) >= 11 is 0. The maximum Gasteiger partial charge on any atom is 0.258 e. The van der Waals surface area contributed by atoms with Crippen LogP contribution in [0.15, 0.2) is 6.20 Å². The van der Waals surface area contributed by atoms with Crippen molar-refractivity contribution < 1.29 is 4.79 Å². The minimum absolute atomic E-state index is 0.0790. The Kier molecular flexibility index (Phi) is 3.11. The van der Waals surface area contributed by atoms with Crippen molar-refractivity contribution in [3.63, 3.8) is 0 Å². The second-order valence-corrected chi connectivity index (χ2v) is 3.08. The number of rotatable bonds is 3. The summed E-state index contributed by atoms with van der Waals surface area (Å²) in [6.45, 7) is 5.18. The van der Waals surface area contributed by atoms with Gasteiger partial charge in [0, 0.05) is 20.1 Å². The lowest BCUT2D eigenvalue weighted by Crippen LogP contribution is -2.26. The molecule has 0 spiro atoms. The highest BCUT2D eigenvalue weighted by Gasteiger charge is 2.16. The summed E-state index contributed by atoms with van der Waals surface area (Å²) < 4.78 is 1.61. The number of carbonyl (C=O) groups is 1. The first-order valence-electron chi connectivity index (χ1n) is 4.68. The molecule has 1 aromatic rings. The summed E-state index contributed by atoms with van der Waals surface area (Å²) in [5.41, 5.74) is 6.24. The zero-order valence-corrected chi connectivity index (χ0v) is 8.82. The summed E-state index contributed by atoms with van der Waals surface area (Å²) in [4.78, 5) is 13.3. The van der Waals surface area contributed by atoms with E-state index in [4.69, 9.17) is 5.73 Å². The number of amides is 1. The lowest BCUT2D eigenvalue weighted by molar-refractivity contribution is 0.0803. The molecule has 2 N–H and O–H groups in total. The number of anilines is 1. The second-order valence-electron chi connectivity index (χ2n) is 3.08. The van der Waals surface area contributed by atoms with Gasteiger partial charge in [-0.15, -0.1) is 0 Å². The molecule has 1 heterocycles. The van der Waals surface area contributed by atoms with Gasteiger partial charge < -0.3 is 10.6 Å². The highest BCUT2D eigenvalue weighted by molar-refractivity contribution is 5.98. The van der Waals surface area contributed by atoms with E-state index in [1.54, 1.807) is 16.6 Å². The fourth-order valence-corrected chi connectivity index (χ4v) is 1.16. The fourth-order valence-electron chi connectivity index (χ4n) is 1.16. The molecular weight excluding hydrogens is 180 g/mol. The molecule has 5 nitrogen and oxygen atoms in total. The zero-order chi connectivity index (χ0) is 10.7. The van der Waals surface area contributed by atoms with Crippen LogP contribution in [0.4, 0.5) is 5.82 Å². The summed E-state index contributed by atoms with van der Waals surface area (Å²) in [6.07, 6.45) is 1.52. The van der Waals surface area contributed by atoms with Crippen molar-refractivity contribution in [2.24, 2.45) is 0 Å². The Bertz CT molecular complexity index is 332. The minimum atomic E-state index is -0.0790. The number of hydrogen-bond donors (Lipinski definition) is 1. The minimum Gasteiger partial charge on any atom is -0.383 e. The lowest BCUT2D eigenvalue weighted by Gasteiger charge is -2.13. The maximum absolute atomic E-state index is 11.7. The predicted octanol–water partition coefficient (Wildman–Crippen LogP) is 0.577. The predicted molar refractivity (Wildman–Crippen MR) is 54.9 cm³/mol. The molecule has 0 bridgehead atoms. The van der Waals surface area contributed by atoms with E-state index < -0.39 is 0 Å². The normalized spacial score (nSPS) is 10.2. The van der Waals surface area contributed by atoms with Gasteiger partial charge >= 0.3 is 0 Å². The van der Waals surface area contributed by atoms with Gasteiger partial charge in [0.05, 0.1) is 6.20 Å². The van der Waals surface area contributed by atoms with Crippen LogP contribution in [-0.4, -0.2) is 34.2 Å². The van der Waals surface area contributed by atoms with Gasteiger partial charge in [0.2, 0.25) is 0 Å². The first kappa shape index (κ1) is 10.6. The smallest absolute Gasteiger partial charge is 0.258 e. The molecule has 1 amide bonds. The largest absolute Gasteiger partial charge is 0.383 e. The Morgan fingerprint density at radius 2 is 2.29 bits per heavy atom. The molecule has 0 aliphatic heterocycles. The van der Waals surface area contributed by atoms with Crippen molar-refractivity contribution in [3.05, 3.63) is 11.8 Å². The third-order valence-electron chi connectivity index (χ3n) is 2.23. The number of nitrogen functional groups attached to an aromatic ring is 1. The Morgan fingerprint density at radius 3 is 2.71 bits per heavy atom. The molecule has 0 aliphatic carbocycles. The van der Waals surface area contributed by atoms with Crippen molar-refractivity contribution in [2.45, 2.75) is 20.4 Å². The third-order valence-corrected chi connectivity index (χ3v) is 2.23. The van der Waals surface area contributed by atoms with E-state index in [1.807, 2.05) is 13.8 Å². The van der Waals surface area contributed by atoms with Crippen LogP contribution >= 0.6 is 0 Å². The average Bonchev–Trinajstić information content (AvgIpc) is 2.57. The van der Waals surface area contributed by atoms with E-state index in [1.165, 1.54) is 6.20 Å². The number of nitrogens with zero attached hydrogens (tertiary/aromatic N) is 3. The molecule has 0 radical (unpaired) electrons. The van der Waals surface area contributed by atoms with Crippen LogP contribution in [0.3, 0.4) is 0 Å². The number of hydrogen-bond acceptors (Lipinski definition) is 3. The molecule has 1 aromatic heterocycles. The molecule has 0 aliphatic rings. The Balaban J connectivity index is 2.96. The molecule has 5 heteroatoms. The molecule has 1 rings (SSSR count). The van der Waals surface area contributed by atoms with E-state index in [-0.39, 0.29) is 5.91 Å². The van der Waals surface area contributed by atoms with Gasteiger partial charge in [0.1, 0.15) is 11.4 Å². The fraction of sp³-hybridized carbons (Fsp3) is 0.556. The van der Waals surface area contributed by atoms with Crippen LogP contribution in [0.1, 0.15) is 24.2 Å². The molecule has 0 unspecified atom stereocenters. The molecule has 78 valence electrons. The number of nitrogens with two attached hydrogens (primary N) is 1. The molecule has 0 atom stereocenters. The standard InChI is InChI=1S/C9H16N4O/c1-4-12(3)9(14)7-6-11-13(5-2)8(7)10/h6H,4-5,10H2,1-3H3. The second kappa shape index (κ2) is 4.13.